The number of hydrogen-bond acceptors (Lipinski definition) is 2. The van der Waals surface area contributed by atoms with Crippen LogP contribution in [0.3, 0.4) is 0 Å². The van der Waals surface area contributed by atoms with Crippen molar-refractivity contribution in [1.82, 2.24) is 0 Å². The topological polar surface area (TPSA) is 38.0 Å². The highest BCUT2D eigenvalue weighted by atomic mass is 32.1. The summed E-state index contributed by atoms with van der Waals surface area (Å²) in [6, 6.07) is 10.6. The molecule has 1 unspecified atom stereocenters. The number of halogens is 2. The van der Waals surface area contributed by atoms with Crippen LogP contribution < -0.4 is 11.1 Å². The molecule has 0 radical (unpaired) electrons. The third-order valence-electron chi connectivity index (χ3n) is 3.00. The number of thiocarbonyl (C=S) groups is 1. The molecule has 0 spiro atoms. The van der Waals surface area contributed by atoms with Crippen LogP contribution in [0.5, 0.6) is 0 Å². The monoisotopic (exact) mass is 292 g/mol. The molecule has 0 heterocycles. The maximum absolute atomic E-state index is 13.8. The summed E-state index contributed by atoms with van der Waals surface area (Å²) in [4.78, 5) is -0.0358. The van der Waals surface area contributed by atoms with Gasteiger partial charge >= 0.3 is 0 Å². The van der Waals surface area contributed by atoms with Gasteiger partial charge in [-0.3, -0.25) is 0 Å². The van der Waals surface area contributed by atoms with E-state index in [4.69, 9.17) is 18.0 Å². The van der Waals surface area contributed by atoms with Gasteiger partial charge in [-0.1, -0.05) is 36.5 Å². The Morgan fingerprint density at radius 3 is 2.40 bits per heavy atom. The van der Waals surface area contributed by atoms with Crippen molar-refractivity contribution in [2.24, 2.45) is 5.73 Å². The van der Waals surface area contributed by atoms with Crippen molar-refractivity contribution in [2.75, 3.05) is 5.32 Å². The molecule has 0 bridgehead atoms. The molecule has 20 heavy (non-hydrogen) atoms. The predicted molar refractivity (Wildman–Crippen MR) is 80.7 cm³/mol. The number of hydrogen-bond donors (Lipinski definition) is 2. The number of rotatable bonds is 4. The summed E-state index contributed by atoms with van der Waals surface area (Å²) >= 11 is 4.86. The Kier molecular flexibility index (Phi) is 4.29. The smallest absolute Gasteiger partial charge is 0.135 e. The van der Waals surface area contributed by atoms with Crippen LogP contribution >= 0.6 is 12.2 Å². The van der Waals surface area contributed by atoms with Crippen LogP contribution in [0.2, 0.25) is 0 Å². The second-order valence-corrected chi connectivity index (χ2v) is 4.85. The average Bonchev–Trinajstić information content (AvgIpc) is 2.38. The van der Waals surface area contributed by atoms with E-state index in [1.807, 2.05) is 0 Å². The van der Waals surface area contributed by atoms with Gasteiger partial charge < -0.3 is 11.1 Å². The fourth-order valence-electron chi connectivity index (χ4n) is 2.03. The van der Waals surface area contributed by atoms with Gasteiger partial charge in [0.1, 0.15) is 16.6 Å². The lowest BCUT2D eigenvalue weighted by Crippen LogP contribution is -2.17. The molecule has 2 rings (SSSR count). The van der Waals surface area contributed by atoms with E-state index < -0.39 is 5.82 Å². The van der Waals surface area contributed by atoms with Gasteiger partial charge in [-0.2, -0.15) is 0 Å². The van der Waals surface area contributed by atoms with E-state index in [1.54, 1.807) is 37.3 Å². The molecule has 0 aliphatic carbocycles. The zero-order valence-corrected chi connectivity index (χ0v) is 11.7. The second-order valence-electron chi connectivity index (χ2n) is 4.41. The van der Waals surface area contributed by atoms with Crippen molar-refractivity contribution < 1.29 is 8.78 Å². The summed E-state index contributed by atoms with van der Waals surface area (Å²) < 4.78 is 27.5. The maximum atomic E-state index is 13.8. The molecule has 0 saturated carbocycles. The highest BCUT2D eigenvalue weighted by Gasteiger charge is 2.15. The van der Waals surface area contributed by atoms with Crippen molar-refractivity contribution in [2.45, 2.75) is 13.0 Å². The minimum atomic E-state index is -0.497. The lowest BCUT2D eigenvalue weighted by atomic mass is 10.1. The Balaban J connectivity index is 2.33. The van der Waals surface area contributed by atoms with E-state index in [0.717, 1.165) is 0 Å². The Morgan fingerprint density at radius 2 is 1.75 bits per heavy atom. The molecule has 2 aromatic carbocycles. The van der Waals surface area contributed by atoms with Gasteiger partial charge in [-0.25, -0.2) is 8.78 Å². The zero-order valence-electron chi connectivity index (χ0n) is 10.9. The Labute approximate surface area is 121 Å². The van der Waals surface area contributed by atoms with E-state index >= 15 is 0 Å². The molecule has 0 saturated heterocycles. The first-order valence-electron chi connectivity index (χ1n) is 6.10. The van der Waals surface area contributed by atoms with Gasteiger partial charge in [-0.15, -0.1) is 0 Å². The van der Waals surface area contributed by atoms with Gasteiger partial charge in [-0.05, 0) is 25.1 Å². The highest BCUT2D eigenvalue weighted by Crippen LogP contribution is 2.25. The first-order valence-corrected chi connectivity index (χ1v) is 6.51. The van der Waals surface area contributed by atoms with E-state index in [0.29, 0.717) is 11.3 Å². The Morgan fingerprint density at radius 1 is 1.10 bits per heavy atom. The fraction of sp³-hybridized carbons (Fsp3) is 0.133. The SMILES string of the molecule is CC(Nc1cccc(F)c1C(N)=S)c1ccccc1F. The largest absolute Gasteiger partial charge is 0.389 e. The molecule has 1 atom stereocenters. The normalized spacial score (nSPS) is 11.9. The van der Waals surface area contributed by atoms with Gasteiger partial charge in [0, 0.05) is 11.3 Å². The third kappa shape index (κ3) is 2.93. The number of nitrogens with two attached hydrogens (primary N) is 1. The van der Waals surface area contributed by atoms with E-state index in [2.05, 4.69) is 5.32 Å². The molecule has 2 aromatic rings. The van der Waals surface area contributed by atoms with Crippen molar-refractivity contribution in [1.29, 1.82) is 0 Å². The molecular formula is C15H14F2N2S. The molecule has 0 aliphatic rings. The molecule has 2 nitrogen and oxygen atoms in total. The molecule has 0 fully saturated rings. The van der Waals surface area contributed by atoms with E-state index in [1.165, 1.54) is 12.1 Å². The van der Waals surface area contributed by atoms with Crippen molar-refractivity contribution in [3.63, 3.8) is 0 Å². The van der Waals surface area contributed by atoms with Crippen LogP contribution in [0, 0.1) is 11.6 Å². The van der Waals surface area contributed by atoms with Crippen LogP contribution in [0.4, 0.5) is 14.5 Å². The quantitative estimate of drug-likeness (QED) is 0.842. The predicted octanol–water partition coefficient (Wildman–Crippen LogP) is 3.77. The summed E-state index contributed by atoms with van der Waals surface area (Å²) in [5.74, 6) is -0.816. The number of nitrogens with one attached hydrogen (secondary N) is 1. The van der Waals surface area contributed by atoms with Crippen LogP contribution in [0.1, 0.15) is 24.1 Å². The molecule has 5 heteroatoms. The second kappa shape index (κ2) is 5.96. The molecule has 0 amide bonds. The summed E-state index contributed by atoms with van der Waals surface area (Å²) in [6.45, 7) is 1.78. The lowest BCUT2D eigenvalue weighted by Gasteiger charge is -2.19. The molecule has 0 aromatic heterocycles. The highest BCUT2D eigenvalue weighted by molar-refractivity contribution is 7.80. The number of benzene rings is 2. The van der Waals surface area contributed by atoms with Crippen molar-refractivity contribution >= 4 is 22.9 Å². The van der Waals surface area contributed by atoms with Gasteiger partial charge in [0.15, 0.2) is 0 Å². The van der Waals surface area contributed by atoms with Crippen LogP contribution in [-0.4, -0.2) is 4.99 Å². The first kappa shape index (κ1) is 14.4. The zero-order chi connectivity index (χ0) is 14.7. The van der Waals surface area contributed by atoms with E-state index in [9.17, 15) is 8.78 Å². The molecular weight excluding hydrogens is 278 g/mol. The summed E-state index contributed by atoms with van der Waals surface area (Å²) in [7, 11) is 0. The Hall–Kier alpha value is -2.01. The van der Waals surface area contributed by atoms with Crippen molar-refractivity contribution in [3.05, 3.63) is 65.2 Å². The standard InChI is InChI=1S/C15H14F2N2S/c1-9(10-5-2-3-6-11(10)16)19-13-8-4-7-12(17)14(13)15(18)20/h2-9,19H,1H3,(H2,18,20). The minimum absolute atomic E-state index is 0.0358. The molecule has 3 N–H and O–H groups in total. The molecule has 104 valence electrons. The van der Waals surface area contributed by atoms with Gasteiger partial charge in [0.2, 0.25) is 0 Å². The minimum Gasteiger partial charge on any atom is -0.389 e. The molecule has 0 aliphatic heterocycles. The lowest BCUT2D eigenvalue weighted by molar-refractivity contribution is 0.600. The van der Waals surface area contributed by atoms with Crippen molar-refractivity contribution in [3.8, 4) is 0 Å². The van der Waals surface area contributed by atoms with Gasteiger partial charge in [0.25, 0.3) is 0 Å². The van der Waals surface area contributed by atoms with Crippen LogP contribution in [0.25, 0.3) is 0 Å². The van der Waals surface area contributed by atoms with Crippen LogP contribution in [-0.2, 0) is 0 Å². The fourth-order valence-corrected chi connectivity index (χ4v) is 2.24. The third-order valence-corrected chi connectivity index (χ3v) is 3.21. The Bertz CT molecular complexity index is 644. The summed E-state index contributed by atoms with van der Waals surface area (Å²) in [6.07, 6.45) is 0. The maximum Gasteiger partial charge on any atom is 0.135 e. The summed E-state index contributed by atoms with van der Waals surface area (Å²) in [5.41, 5.74) is 6.62. The van der Waals surface area contributed by atoms with E-state index in [-0.39, 0.29) is 22.4 Å². The van der Waals surface area contributed by atoms with Crippen LogP contribution in [0.15, 0.2) is 42.5 Å². The average molecular weight is 292 g/mol. The first-order chi connectivity index (χ1) is 9.50. The number of anilines is 1. The summed E-state index contributed by atoms with van der Waals surface area (Å²) in [5, 5.41) is 3.04. The van der Waals surface area contributed by atoms with Gasteiger partial charge in [0.05, 0.1) is 11.6 Å².